The highest BCUT2D eigenvalue weighted by atomic mass is 16.5. The Bertz CT molecular complexity index is 435. The molecule has 0 aromatic heterocycles. The fourth-order valence-electron chi connectivity index (χ4n) is 1.39. The van der Waals surface area contributed by atoms with E-state index in [4.69, 9.17) is 0 Å². The van der Waals surface area contributed by atoms with Gasteiger partial charge in [0.1, 0.15) is 0 Å². The highest BCUT2D eigenvalue weighted by Crippen LogP contribution is 2.07. The van der Waals surface area contributed by atoms with Gasteiger partial charge in [0.25, 0.3) is 0 Å². The van der Waals surface area contributed by atoms with Crippen molar-refractivity contribution >= 4 is 18.0 Å². The molecule has 0 fully saturated rings. The van der Waals surface area contributed by atoms with Crippen molar-refractivity contribution in [2.24, 2.45) is 0 Å². The fourth-order valence-corrected chi connectivity index (χ4v) is 1.39. The van der Waals surface area contributed by atoms with Crippen LogP contribution in [0.25, 0.3) is 6.08 Å². The summed E-state index contributed by atoms with van der Waals surface area (Å²) in [4.78, 5) is 22.1. The number of ether oxygens (including phenoxy) is 1. The number of methoxy groups -OCH3 is 1. The third-order valence-electron chi connectivity index (χ3n) is 2.45. The van der Waals surface area contributed by atoms with Crippen LogP contribution in [0.1, 0.15) is 17.5 Å². The van der Waals surface area contributed by atoms with Gasteiger partial charge < -0.3 is 10.1 Å². The molecule has 1 aromatic rings. The molecule has 0 atom stereocenters. The molecule has 96 valence electrons. The molecule has 0 aliphatic rings. The predicted molar refractivity (Wildman–Crippen MR) is 69.9 cm³/mol. The van der Waals surface area contributed by atoms with Gasteiger partial charge in [-0.2, -0.15) is 0 Å². The summed E-state index contributed by atoms with van der Waals surface area (Å²) in [6.07, 6.45) is 4.24. The number of hydrogen-bond donors (Lipinski definition) is 1. The molecule has 0 spiro atoms. The summed E-state index contributed by atoms with van der Waals surface area (Å²) >= 11 is 0. The van der Waals surface area contributed by atoms with Gasteiger partial charge in [0.2, 0.25) is 5.91 Å². The molecular formula is C14H17NO3. The van der Waals surface area contributed by atoms with Gasteiger partial charge in [0.15, 0.2) is 0 Å². The second kappa shape index (κ2) is 7.27. The number of benzene rings is 1. The van der Waals surface area contributed by atoms with Crippen LogP contribution in [0.5, 0.6) is 0 Å². The first-order valence-corrected chi connectivity index (χ1v) is 5.68. The smallest absolute Gasteiger partial charge is 0.309 e. The predicted octanol–water partition coefficient (Wildman–Crippen LogP) is 1.55. The van der Waals surface area contributed by atoms with Gasteiger partial charge >= 0.3 is 5.97 Å². The number of nitrogens with one attached hydrogen (secondary N) is 1. The van der Waals surface area contributed by atoms with Gasteiger partial charge in [-0.3, -0.25) is 9.59 Å². The first kappa shape index (κ1) is 14.0. The topological polar surface area (TPSA) is 55.4 Å². The molecular weight excluding hydrogens is 230 g/mol. The van der Waals surface area contributed by atoms with E-state index in [1.54, 1.807) is 13.1 Å². The number of amides is 1. The van der Waals surface area contributed by atoms with Crippen molar-refractivity contribution in [3.05, 3.63) is 41.5 Å². The van der Waals surface area contributed by atoms with Gasteiger partial charge in [0.05, 0.1) is 20.0 Å². The van der Waals surface area contributed by atoms with Crippen molar-refractivity contribution in [2.75, 3.05) is 14.2 Å². The lowest BCUT2D eigenvalue weighted by atomic mass is 10.1. The van der Waals surface area contributed by atoms with E-state index in [1.165, 1.54) is 7.11 Å². The van der Waals surface area contributed by atoms with Gasteiger partial charge in [-0.15, -0.1) is 0 Å². The summed E-state index contributed by atoms with van der Waals surface area (Å²) in [6, 6.07) is 7.61. The van der Waals surface area contributed by atoms with Crippen LogP contribution in [0.3, 0.4) is 0 Å². The Morgan fingerprint density at radius 1 is 1.28 bits per heavy atom. The van der Waals surface area contributed by atoms with Gasteiger partial charge in [-0.1, -0.05) is 36.4 Å². The molecule has 1 amide bonds. The Morgan fingerprint density at radius 2 is 1.94 bits per heavy atom. The minimum atomic E-state index is -0.262. The minimum absolute atomic E-state index is 0.0102. The van der Waals surface area contributed by atoms with E-state index in [2.05, 4.69) is 10.1 Å². The van der Waals surface area contributed by atoms with Gasteiger partial charge in [0, 0.05) is 7.05 Å². The number of esters is 1. The molecule has 0 saturated heterocycles. The Morgan fingerprint density at radius 3 is 2.50 bits per heavy atom. The van der Waals surface area contributed by atoms with Crippen LogP contribution in [-0.4, -0.2) is 26.0 Å². The molecule has 1 N–H and O–H groups in total. The SMILES string of the molecule is CNC(=O)Cc1ccc(C=CCC(=O)OC)cc1. The second-order valence-corrected chi connectivity index (χ2v) is 3.77. The molecule has 0 bridgehead atoms. The van der Waals surface area contributed by atoms with E-state index in [-0.39, 0.29) is 18.3 Å². The summed E-state index contributed by atoms with van der Waals surface area (Å²) in [7, 11) is 2.98. The first-order valence-electron chi connectivity index (χ1n) is 5.68. The lowest BCUT2D eigenvalue weighted by molar-refractivity contribution is -0.139. The van der Waals surface area contributed by atoms with Crippen LogP contribution in [0.15, 0.2) is 30.3 Å². The Labute approximate surface area is 107 Å². The molecule has 0 radical (unpaired) electrons. The molecule has 4 heteroatoms. The normalized spacial score (nSPS) is 10.3. The molecule has 0 aliphatic heterocycles. The second-order valence-electron chi connectivity index (χ2n) is 3.77. The molecule has 0 heterocycles. The van der Waals surface area contributed by atoms with Crippen molar-refractivity contribution in [1.82, 2.24) is 5.32 Å². The van der Waals surface area contributed by atoms with Crippen LogP contribution in [-0.2, 0) is 20.7 Å². The van der Waals surface area contributed by atoms with Crippen LogP contribution in [0.4, 0.5) is 0 Å². The van der Waals surface area contributed by atoms with Crippen molar-refractivity contribution in [1.29, 1.82) is 0 Å². The Kier molecular flexibility index (Phi) is 5.64. The summed E-state index contributed by atoms with van der Waals surface area (Å²) in [5.41, 5.74) is 1.94. The number of likely N-dealkylation sites (N-methyl/N-ethyl adjacent to an activating group) is 1. The monoisotopic (exact) mass is 247 g/mol. The average molecular weight is 247 g/mol. The van der Waals surface area contributed by atoms with E-state index in [9.17, 15) is 9.59 Å². The molecule has 1 aromatic carbocycles. The van der Waals surface area contributed by atoms with Gasteiger partial charge in [-0.25, -0.2) is 0 Å². The maximum absolute atomic E-state index is 11.2. The summed E-state index contributed by atoms with van der Waals surface area (Å²) < 4.78 is 4.53. The van der Waals surface area contributed by atoms with Gasteiger partial charge in [-0.05, 0) is 11.1 Å². The lowest BCUT2D eigenvalue weighted by Gasteiger charge is -2.01. The zero-order chi connectivity index (χ0) is 13.4. The highest BCUT2D eigenvalue weighted by molar-refractivity contribution is 5.78. The Hall–Kier alpha value is -2.10. The van der Waals surface area contributed by atoms with Crippen molar-refractivity contribution in [3.63, 3.8) is 0 Å². The molecule has 0 aliphatic carbocycles. The van der Waals surface area contributed by atoms with Crippen molar-refractivity contribution in [2.45, 2.75) is 12.8 Å². The molecule has 1 rings (SSSR count). The quantitative estimate of drug-likeness (QED) is 0.803. The fraction of sp³-hybridized carbons (Fsp3) is 0.286. The molecule has 0 saturated carbocycles. The summed E-state index contributed by atoms with van der Waals surface area (Å²) in [5.74, 6) is -0.272. The Balaban J connectivity index is 2.55. The zero-order valence-corrected chi connectivity index (χ0v) is 10.6. The average Bonchev–Trinajstić information content (AvgIpc) is 2.40. The van der Waals surface area contributed by atoms with E-state index >= 15 is 0 Å². The van der Waals surface area contributed by atoms with E-state index in [1.807, 2.05) is 30.3 Å². The lowest BCUT2D eigenvalue weighted by Crippen LogP contribution is -2.19. The summed E-state index contributed by atoms with van der Waals surface area (Å²) in [5, 5.41) is 2.58. The number of rotatable bonds is 5. The maximum atomic E-state index is 11.2. The number of carbonyl (C=O) groups excluding carboxylic acids is 2. The van der Waals surface area contributed by atoms with Crippen LogP contribution < -0.4 is 5.32 Å². The van der Waals surface area contributed by atoms with Crippen LogP contribution in [0.2, 0.25) is 0 Å². The standard InChI is InChI=1S/C14H17NO3/c1-15-13(16)10-12-8-6-11(7-9-12)4-3-5-14(17)18-2/h3-4,6-9H,5,10H2,1-2H3,(H,15,16). The third kappa shape index (κ3) is 4.82. The maximum Gasteiger partial charge on any atom is 0.309 e. The molecule has 4 nitrogen and oxygen atoms in total. The van der Waals surface area contributed by atoms with Crippen LogP contribution in [0, 0.1) is 0 Å². The van der Waals surface area contributed by atoms with E-state index in [0.29, 0.717) is 6.42 Å². The van der Waals surface area contributed by atoms with Crippen LogP contribution >= 0.6 is 0 Å². The minimum Gasteiger partial charge on any atom is -0.469 e. The number of hydrogen-bond acceptors (Lipinski definition) is 3. The van der Waals surface area contributed by atoms with Crippen molar-refractivity contribution in [3.8, 4) is 0 Å². The van der Waals surface area contributed by atoms with Crippen molar-refractivity contribution < 1.29 is 14.3 Å². The largest absolute Gasteiger partial charge is 0.469 e. The molecule has 0 unspecified atom stereocenters. The van der Waals surface area contributed by atoms with E-state index in [0.717, 1.165) is 11.1 Å². The van der Waals surface area contributed by atoms with E-state index < -0.39 is 0 Å². The number of carbonyl (C=O) groups is 2. The summed E-state index contributed by atoms with van der Waals surface area (Å²) in [6.45, 7) is 0. The zero-order valence-electron chi connectivity index (χ0n) is 10.6. The highest BCUT2D eigenvalue weighted by Gasteiger charge is 2.00. The third-order valence-corrected chi connectivity index (χ3v) is 2.45. The molecule has 18 heavy (non-hydrogen) atoms. The first-order chi connectivity index (χ1) is 8.65.